The zero-order chi connectivity index (χ0) is 28.9. The highest BCUT2D eigenvalue weighted by Gasteiger charge is 2.42. The van der Waals surface area contributed by atoms with E-state index in [4.69, 9.17) is 5.11 Å². The number of carboxylic acid groups (broad SMARTS) is 1. The number of benzene rings is 3. The third-order valence-corrected chi connectivity index (χ3v) is 8.58. The van der Waals surface area contributed by atoms with E-state index in [2.05, 4.69) is 28.6 Å². The first-order valence-electron chi connectivity index (χ1n) is 14.2. The topological polar surface area (TPSA) is 90.7 Å². The van der Waals surface area contributed by atoms with Gasteiger partial charge in [0.25, 0.3) is 0 Å². The maximum absolute atomic E-state index is 12.2. The van der Waals surface area contributed by atoms with E-state index in [1.54, 1.807) is 55.5 Å². The normalized spacial score (nSPS) is 22.7. The van der Waals surface area contributed by atoms with Crippen molar-refractivity contribution in [3.8, 4) is 0 Å². The van der Waals surface area contributed by atoms with Crippen LogP contribution >= 0.6 is 0 Å². The Hall–Kier alpha value is -4.13. The van der Waals surface area contributed by atoms with Crippen LogP contribution in [0.4, 0.5) is 0 Å². The number of aliphatic hydroxyl groups is 1. The first-order chi connectivity index (χ1) is 19.9. The van der Waals surface area contributed by atoms with Crippen molar-refractivity contribution < 1.29 is 19.8 Å². The summed E-state index contributed by atoms with van der Waals surface area (Å²) in [5.41, 5.74) is 3.71. The number of aliphatic hydroxyl groups excluding tert-OH is 1. The Bertz CT molecular complexity index is 1530. The van der Waals surface area contributed by atoms with Crippen molar-refractivity contribution in [1.29, 1.82) is 0 Å². The Morgan fingerprint density at radius 2 is 1.73 bits per heavy atom. The second-order valence-corrected chi connectivity index (χ2v) is 11.0. The number of ketones is 1. The van der Waals surface area contributed by atoms with Gasteiger partial charge in [-0.05, 0) is 67.5 Å². The molecule has 0 aliphatic carbocycles. The molecule has 3 aliphatic rings. The smallest absolute Gasteiger partial charge is 0.310 e. The maximum atomic E-state index is 12.2. The molecule has 6 atom stereocenters. The number of rotatable bonds is 7. The molecule has 6 nitrogen and oxygen atoms in total. The van der Waals surface area contributed by atoms with Gasteiger partial charge in [0, 0.05) is 35.3 Å². The van der Waals surface area contributed by atoms with Gasteiger partial charge in [-0.15, -0.1) is 6.58 Å². The second-order valence-electron chi connectivity index (χ2n) is 11.0. The fourth-order valence-electron chi connectivity index (χ4n) is 6.14. The summed E-state index contributed by atoms with van der Waals surface area (Å²) in [6.07, 6.45) is 5.76. The molecule has 2 bridgehead atoms. The lowest BCUT2D eigenvalue weighted by molar-refractivity contribution is -0.138. The van der Waals surface area contributed by atoms with E-state index in [0.29, 0.717) is 28.5 Å². The lowest BCUT2D eigenvalue weighted by Crippen LogP contribution is -2.54. The van der Waals surface area contributed by atoms with E-state index < -0.39 is 18.0 Å². The molecule has 3 fully saturated rings. The minimum atomic E-state index is -0.899. The molecule has 0 spiro atoms. The zero-order valence-electron chi connectivity index (χ0n) is 23.3. The number of piperidine rings is 3. The predicted molar refractivity (Wildman–Crippen MR) is 161 cm³/mol. The summed E-state index contributed by atoms with van der Waals surface area (Å²) < 4.78 is 0. The van der Waals surface area contributed by atoms with Gasteiger partial charge in [0.1, 0.15) is 0 Å². The number of fused-ring (bicyclic) bond motifs is 4. The Morgan fingerprint density at radius 1 is 1.00 bits per heavy atom. The molecule has 7 rings (SSSR count). The van der Waals surface area contributed by atoms with Crippen molar-refractivity contribution in [2.24, 2.45) is 11.8 Å². The summed E-state index contributed by atoms with van der Waals surface area (Å²) in [5.74, 6) is -0.352. The van der Waals surface area contributed by atoms with E-state index in [1.165, 1.54) is 6.42 Å². The molecule has 0 amide bonds. The summed E-state index contributed by atoms with van der Waals surface area (Å²) in [6, 6.07) is 26.0. The molecule has 41 heavy (non-hydrogen) atoms. The third kappa shape index (κ3) is 6.14. The van der Waals surface area contributed by atoms with Crippen molar-refractivity contribution in [2.75, 3.05) is 13.1 Å². The monoisotopic (exact) mass is 548 g/mol. The van der Waals surface area contributed by atoms with Crippen LogP contribution in [0.3, 0.4) is 0 Å². The third-order valence-electron chi connectivity index (χ3n) is 8.58. The summed E-state index contributed by atoms with van der Waals surface area (Å²) in [4.78, 5) is 30.1. The second kappa shape index (κ2) is 12.6. The number of hydrogen-bond acceptors (Lipinski definition) is 5. The van der Waals surface area contributed by atoms with E-state index in [-0.39, 0.29) is 11.8 Å². The Labute approximate surface area is 241 Å². The first kappa shape index (κ1) is 28.4. The first-order valence-corrected chi connectivity index (χ1v) is 14.2. The van der Waals surface area contributed by atoms with Gasteiger partial charge in [0.15, 0.2) is 5.78 Å². The van der Waals surface area contributed by atoms with Crippen LogP contribution in [0.1, 0.15) is 58.8 Å². The number of carbonyl (C=O) groups is 2. The number of carboxylic acids is 1. The molecule has 6 heteroatoms. The Kier molecular flexibility index (Phi) is 8.72. The van der Waals surface area contributed by atoms with E-state index in [0.717, 1.165) is 36.0 Å². The van der Waals surface area contributed by atoms with Crippen molar-refractivity contribution in [1.82, 2.24) is 9.88 Å². The minimum absolute atomic E-state index is 0.0972. The zero-order valence-corrected chi connectivity index (χ0v) is 23.3. The molecular weight excluding hydrogens is 512 g/mol. The highest BCUT2D eigenvalue weighted by molar-refractivity contribution is 6.09. The predicted octanol–water partition coefficient (Wildman–Crippen LogP) is 6.27. The van der Waals surface area contributed by atoms with Crippen molar-refractivity contribution in [3.63, 3.8) is 0 Å². The molecule has 3 saturated heterocycles. The van der Waals surface area contributed by atoms with Crippen LogP contribution in [0.5, 0.6) is 0 Å². The molecule has 4 heterocycles. The SMILES string of the molecule is C=C[C@H]1CN2CC[C@H]1C[C@H]2[C@H](O)c1ccnc2ccccc12.C[C@H](C(=O)O)c1cccc(C(=O)c2ccccc2)c1. The number of aromatic nitrogens is 1. The standard InChI is InChI=1S/C19H22N2O.C16H14O3/c1-2-13-12-21-10-8-14(13)11-18(21)19(22)16-7-9-20-17-6-4-3-5-15(16)17;1-11(16(18)19)13-8-5-9-14(10-13)15(17)12-6-3-2-4-7-12/h2-7,9,13-14,18-19,22H,1,8,10-12H2;2-11H,1H3,(H,18,19)/t13-,14-,18-,19+;11-/m00/s1. The van der Waals surface area contributed by atoms with Crippen LogP contribution in [-0.4, -0.2) is 51.0 Å². The maximum Gasteiger partial charge on any atom is 0.310 e. The van der Waals surface area contributed by atoms with Crippen LogP contribution in [-0.2, 0) is 4.79 Å². The molecule has 0 saturated carbocycles. The number of aliphatic carboxylic acids is 1. The van der Waals surface area contributed by atoms with Gasteiger partial charge >= 0.3 is 5.97 Å². The van der Waals surface area contributed by atoms with Crippen LogP contribution in [0, 0.1) is 11.8 Å². The average molecular weight is 549 g/mol. The van der Waals surface area contributed by atoms with Crippen LogP contribution in [0.15, 0.2) is 104 Å². The van der Waals surface area contributed by atoms with Crippen LogP contribution in [0.25, 0.3) is 10.9 Å². The molecule has 0 radical (unpaired) electrons. The Morgan fingerprint density at radius 3 is 2.44 bits per heavy atom. The number of hydrogen-bond donors (Lipinski definition) is 2. The van der Waals surface area contributed by atoms with Crippen molar-refractivity contribution >= 4 is 22.7 Å². The van der Waals surface area contributed by atoms with Gasteiger partial charge in [-0.25, -0.2) is 0 Å². The number of nitrogens with zero attached hydrogens (tertiary/aromatic N) is 2. The van der Waals surface area contributed by atoms with Gasteiger partial charge in [-0.2, -0.15) is 0 Å². The van der Waals surface area contributed by atoms with Gasteiger partial charge in [0.05, 0.1) is 17.5 Å². The van der Waals surface area contributed by atoms with Crippen molar-refractivity contribution in [2.45, 2.75) is 37.8 Å². The van der Waals surface area contributed by atoms with E-state index in [9.17, 15) is 14.7 Å². The fraction of sp³-hybridized carbons (Fsp3) is 0.286. The highest BCUT2D eigenvalue weighted by Crippen LogP contribution is 2.41. The molecule has 2 N–H and O–H groups in total. The molecule has 3 aliphatic heterocycles. The van der Waals surface area contributed by atoms with E-state index >= 15 is 0 Å². The molecule has 210 valence electrons. The molecule has 1 aromatic heterocycles. The molecular formula is C35H36N2O4. The fourth-order valence-corrected chi connectivity index (χ4v) is 6.14. The lowest BCUT2D eigenvalue weighted by Gasteiger charge is -2.50. The van der Waals surface area contributed by atoms with Gasteiger partial charge in [0.2, 0.25) is 0 Å². The Balaban J connectivity index is 0.000000167. The number of carbonyl (C=O) groups excluding carboxylic acids is 1. The van der Waals surface area contributed by atoms with Gasteiger partial charge in [-0.1, -0.05) is 72.8 Å². The summed E-state index contributed by atoms with van der Waals surface area (Å²) in [5, 5.41) is 21.1. The van der Waals surface area contributed by atoms with Gasteiger partial charge < -0.3 is 10.2 Å². The quantitative estimate of drug-likeness (QED) is 0.209. The highest BCUT2D eigenvalue weighted by atomic mass is 16.4. The summed E-state index contributed by atoms with van der Waals surface area (Å²) >= 11 is 0. The average Bonchev–Trinajstić information content (AvgIpc) is 3.04. The minimum Gasteiger partial charge on any atom is -0.481 e. The molecule has 3 aromatic carbocycles. The number of para-hydroxylation sites is 1. The van der Waals surface area contributed by atoms with Crippen molar-refractivity contribution in [3.05, 3.63) is 126 Å². The largest absolute Gasteiger partial charge is 0.481 e. The molecule has 4 aromatic rings. The lowest BCUT2D eigenvalue weighted by atomic mass is 9.73. The van der Waals surface area contributed by atoms with E-state index in [1.807, 2.05) is 36.5 Å². The van der Waals surface area contributed by atoms with Gasteiger partial charge in [-0.3, -0.25) is 19.5 Å². The van der Waals surface area contributed by atoms with Crippen LogP contribution < -0.4 is 0 Å². The molecule has 1 unspecified atom stereocenters. The number of pyridine rings is 1. The van der Waals surface area contributed by atoms with Crippen LogP contribution in [0.2, 0.25) is 0 Å². The summed E-state index contributed by atoms with van der Waals surface area (Å²) in [7, 11) is 0. The summed E-state index contributed by atoms with van der Waals surface area (Å²) in [6.45, 7) is 7.72.